The van der Waals surface area contributed by atoms with Gasteiger partial charge < -0.3 is 0 Å². The number of benzene rings is 1. The van der Waals surface area contributed by atoms with Gasteiger partial charge >= 0.3 is 0 Å². The molecule has 0 bridgehead atoms. The summed E-state index contributed by atoms with van der Waals surface area (Å²) in [6, 6.07) is 9.64. The summed E-state index contributed by atoms with van der Waals surface area (Å²) in [5, 5.41) is 8.18. The molecule has 76 valence electrons. The van der Waals surface area contributed by atoms with Crippen LogP contribution in [0.2, 0.25) is 0 Å². The fraction of sp³-hybridized carbons (Fsp3) is 0.250. The summed E-state index contributed by atoms with van der Waals surface area (Å²) in [5.74, 6) is 0. The first-order valence-electron chi connectivity index (χ1n) is 4.83. The fourth-order valence-corrected chi connectivity index (χ4v) is 1.58. The standard InChI is InChI=1S/C12H12N2O/c1-12(2)10(8-15)11(13-14-12)9-6-4-3-5-7-9/h3-8H,1-2H3. The van der Waals surface area contributed by atoms with Crippen molar-refractivity contribution in [2.24, 2.45) is 10.2 Å². The van der Waals surface area contributed by atoms with Gasteiger partial charge in [-0.3, -0.25) is 4.79 Å². The minimum absolute atomic E-state index is 0.493. The number of hydrogen-bond donors (Lipinski definition) is 0. The second-order valence-electron chi connectivity index (χ2n) is 4.01. The lowest BCUT2D eigenvalue weighted by atomic mass is 9.93. The first-order valence-corrected chi connectivity index (χ1v) is 4.83. The van der Waals surface area contributed by atoms with Crippen molar-refractivity contribution in [3.63, 3.8) is 0 Å². The van der Waals surface area contributed by atoms with Gasteiger partial charge in [0.05, 0.1) is 0 Å². The molecule has 2 rings (SSSR count). The van der Waals surface area contributed by atoms with E-state index in [2.05, 4.69) is 10.2 Å². The highest BCUT2D eigenvalue weighted by atomic mass is 16.1. The first-order chi connectivity index (χ1) is 7.15. The molecule has 0 saturated heterocycles. The van der Waals surface area contributed by atoms with Gasteiger partial charge in [-0.15, -0.1) is 0 Å². The number of aldehydes is 1. The van der Waals surface area contributed by atoms with Crippen LogP contribution in [0.1, 0.15) is 19.4 Å². The van der Waals surface area contributed by atoms with Crippen molar-refractivity contribution < 1.29 is 4.79 Å². The predicted molar refractivity (Wildman–Crippen MR) is 58.4 cm³/mol. The smallest absolute Gasteiger partial charge is 0.150 e. The summed E-state index contributed by atoms with van der Waals surface area (Å²) in [4.78, 5) is 11.0. The molecule has 0 atom stereocenters. The number of nitrogens with zero attached hydrogens (tertiary/aromatic N) is 2. The molecule has 0 aliphatic carbocycles. The molecule has 15 heavy (non-hydrogen) atoms. The zero-order chi connectivity index (χ0) is 10.9. The summed E-state index contributed by atoms with van der Waals surface area (Å²) in [5.41, 5.74) is 1.78. The number of hydrogen-bond acceptors (Lipinski definition) is 3. The summed E-state index contributed by atoms with van der Waals surface area (Å²) in [6.07, 6.45) is 0.850. The van der Waals surface area contributed by atoms with Gasteiger partial charge in [0.1, 0.15) is 11.2 Å². The van der Waals surface area contributed by atoms with Gasteiger partial charge in [-0.2, -0.15) is 10.2 Å². The van der Waals surface area contributed by atoms with E-state index in [0.29, 0.717) is 11.3 Å². The van der Waals surface area contributed by atoms with E-state index in [-0.39, 0.29) is 0 Å². The van der Waals surface area contributed by atoms with Gasteiger partial charge in [-0.05, 0) is 13.8 Å². The molecule has 0 unspecified atom stereocenters. The molecule has 0 N–H and O–H groups in total. The van der Waals surface area contributed by atoms with Crippen LogP contribution in [0.4, 0.5) is 0 Å². The molecular formula is C12H12N2O. The van der Waals surface area contributed by atoms with Crippen molar-refractivity contribution in [1.29, 1.82) is 0 Å². The molecule has 3 nitrogen and oxygen atoms in total. The van der Waals surface area contributed by atoms with Crippen molar-refractivity contribution in [1.82, 2.24) is 0 Å². The van der Waals surface area contributed by atoms with Crippen LogP contribution in [0.5, 0.6) is 0 Å². The van der Waals surface area contributed by atoms with Crippen molar-refractivity contribution in [3.05, 3.63) is 41.5 Å². The fourth-order valence-electron chi connectivity index (χ4n) is 1.58. The maximum atomic E-state index is 11.0. The molecular weight excluding hydrogens is 188 g/mol. The Balaban J connectivity index is 2.55. The Morgan fingerprint density at radius 1 is 1.20 bits per heavy atom. The highest BCUT2D eigenvalue weighted by Gasteiger charge is 2.31. The zero-order valence-electron chi connectivity index (χ0n) is 8.77. The number of carbonyl (C=O) groups is 1. The van der Waals surface area contributed by atoms with Crippen LogP contribution in [-0.4, -0.2) is 11.8 Å². The van der Waals surface area contributed by atoms with E-state index in [4.69, 9.17) is 0 Å². The lowest BCUT2D eigenvalue weighted by molar-refractivity contribution is -0.105. The summed E-state index contributed by atoms with van der Waals surface area (Å²) < 4.78 is 0. The Morgan fingerprint density at radius 2 is 1.87 bits per heavy atom. The Morgan fingerprint density at radius 3 is 2.47 bits per heavy atom. The second kappa shape index (κ2) is 3.42. The summed E-state index contributed by atoms with van der Waals surface area (Å²) >= 11 is 0. The maximum absolute atomic E-state index is 11.0. The monoisotopic (exact) mass is 200 g/mol. The van der Waals surface area contributed by atoms with Crippen molar-refractivity contribution in [2.45, 2.75) is 19.4 Å². The quantitative estimate of drug-likeness (QED) is 0.677. The van der Waals surface area contributed by atoms with Gasteiger partial charge in [0, 0.05) is 11.1 Å². The van der Waals surface area contributed by atoms with Crippen LogP contribution in [0, 0.1) is 0 Å². The summed E-state index contributed by atoms with van der Waals surface area (Å²) in [7, 11) is 0. The van der Waals surface area contributed by atoms with Crippen molar-refractivity contribution in [3.8, 4) is 0 Å². The summed E-state index contributed by atoms with van der Waals surface area (Å²) in [6.45, 7) is 3.77. The second-order valence-corrected chi connectivity index (χ2v) is 4.01. The van der Waals surface area contributed by atoms with E-state index >= 15 is 0 Å². The lowest BCUT2D eigenvalue weighted by Crippen LogP contribution is -2.18. The highest BCUT2D eigenvalue weighted by molar-refractivity contribution is 5.91. The predicted octanol–water partition coefficient (Wildman–Crippen LogP) is 2.84. The van der Waals surface area contributed by atoms with Crippen LogP contribution in [0.15, 0.2) is 46.1 Å². The van der Waals surface area contributed by atoms with E-state index in [9.17, 15) is 4.79 Å². The molecule has 3 heteroatoms. The molecule has 0 fully saturated rings. The lowest BCUT2D eigenvalue weighted by Gasteiger charge is -2.12. The van der Waals surface area contributed by atoms with Gasteiger partial charge in [0.15, 0.2) is 6.29 Å². The largest absolute Gasteiger partial charge is 0.298 e. The third kappa shape index (κ3) is 1.61. The molecule has 0 amide bonds. The number of azo groups is 1. The first kappa shape index (κ1) is 9.77. The average Bonchev–Trinajstić information content (AvgIpc) is 2.54. The zero-order valence-corrected chi connectivity index (χ0v) is 8.77. The topological polar surface area (TPSA) is 41.8 Å². The Kier molecular flexibility index (Phi) is 2.23. The van der Waals surface area contributed by atoms with E-state index in [1.165, 1.54) is 0 Å². The number of rotatable bonds is 2. The van der Waals surface area contributed by atoms with Crippen LogP contribution in [-0.2, 0) is 4.79 Å². The molecule has 0 radical (unpaired) electrons. The molecule has 1 aliphatic heterocycles. The third-order valence-corrected chi connectivity index (χ3v) is 2.48. The molecule has 0 saturated carbocycles. The minimum Gasteiger partial charge on any atom is -0.298 e. The molecule has 1 aromatic rings. The average molecular weight is 200 g/mol. The third-order valence-electron chi connectivity index (χ3n) is 2.48. The van der Waals surface area contributed by atoms with Gasteiger partial charge in [0.2, 0.25) is 0 Å². The normalized spacial score (nSPS) is 18.3. The van der Waals surface area contributed by atoms with Gasteiger partial charge in [-0.1, -0.05) is 30.3 Å². The van der Waals surface area contributed by atoms with Crippen molar-refractivity contribution >= 4 is 12.0 Å². The minimum atomic E-state index is -0.493. The van der Waals surface area contributed by atoms with Gasteiger partial charge in [0.25, 0.3) is 0 Å². The Hall–Kier alpha value is -1.77. The number of carbonyl (C=O) groups excluding carboxylic acids is 1. The SMILES string of the molecule is CC1(C)N=NC(c2ccccc2)=C1C=O. The van der Waals surface area contributed by atoms with Crippen LogP contribution in [0.25, 0.3) is 5.70 Å². The van der Waals surface area contributed by atoms with E-state index < -0.39 is 5.54 Å². The molecule has 0 spiro atoms. The maximum Gasteiger partial charge on any atom is 0.150 e. The Bertz CT molecular complexity index is 444. The molecule has 0 aromatic heterocycles. The van der Waals surface area contributed by atoms with Crippen molar-refractivity contribution in [2.75, 3.05) is 0 Å². The van der Waals surface area contributed by atoms with Crippen LogP contribution < -0.4 is 0 Å². The highest BCUT2D eigenvalue weighted by Crippen LogP contribution is 2.35. The molecule has 1 aromatic carbocycles. The van der Waals surface area contributed by atoms with E-state index in [0.717, 1.165) is 11.8 Å². The van der Waals surface area contributed by atoms with E-state index in [1.807, 2.05) is 44.2 Å². The molecule has 1 heterocycles. The van der Waals surface area contributed by atoms with Gasteiger partial charge in [-0.25, -0.2) is 0 Å². The van der Waals surface area contributed by atoms with Crippen LogP contribution in [0.3, 0.4) is 0 Å². The van der Waals surface area contributed by atoms with E-state index in [1.54, 1.807) is 0 Å². The van der Waals surface area contributed by atoms with Crippen LogP contribution >= 0.6 is 0 Å². The molecule has 1 aliphatic rings. The Labute approximate surface area is 88.5 Å².